The van der Waals surface area contributed by atoms with Crippen molar-refractivity contribution in [1.29, 1.82) is 0 Å². The number of anilines is 1. The van der Waals surface area contributed by atoms with Crippen molar-refractivity contribution in [2.24, 2.45) is 0 Å². The number of nitrogens with zero attached hydrogens (tertiary/aromatic N) is 3. The predicted molar refractivity (Wildman–Crippen MR) is 89.3 cm³/mol. The molecule has 1 amide bonds. The Morgan fingerprint density at radius 3 is 2.86 bits per heavy atom. The van der Waals surface area contributed by atoms with Crippen molar-refractivity contribution in [1.82, 2.24) is 14.7 Å². The van der Waals surface area contributed by atoms with Gasteiger partial charge in [0.2, 0.25) is 5.91 Å². The van der Waals surface area contributed by atoms with Gasteiger partial charge in [-0.15, -0.1) is 0 Å². The second-order valence-corrected chi connectivity index (χ2v) is 5.89. The molecule has 0 spiro atoms. The number of hydrogen-bond donors (Lipinski definition) is 1. The zero-order valence-electron chi connectivity index (χ0n) is 12.5. The first kappa shape index (κ1) is 16.8. The smallest absolute Gasteiger partial charge is 0.238 e. The van der Waals surface area contributed by atoms with E-state index in [1.165, 1.54) is 0 Å². The van der Waals surface area contributed by atoms with Gasteiger partial charge >= 0.3 is 0 Å². The molecular formula is C15H18Cl2N4O. The molecule has 0 atom stereocenters. The molecule has 0 bridgehead atoms. The number of likely N-dealkylation sites (N-methyl/N-ethyl adjacent to an activating group) is 1. The molecule has 0 aliphatic carbocycles. The molecule has 0 unspecified atom stereocenters. The van der Waals surface area contributed by atoms with E-state index >= 15 is 0 Å². The number of halogens is 2. The largest absolute Gasteiger partial charge is 0.324 e. The second-order valence-electron chi connectivity index (χ2n) is 5.05. The highest BCUT2D eigenvalue weighted by molar-refractivity contribution is 6.35. The molecule has 1 aromatic carbocycles. The number of benzene rings is 1. The Morgan fingerprint density at radius 1 is 1.41 bits per heavy atom. The molecule has 0 radical (unpaired) electrons. The lowest BCUT2D eigenvalue weighted by molar-refractivity contribution is -0.117. The SMILES string of the molecule is CCn1cc(CN(C)CC(=O)Nc2cc(Cl)ccc2Cl)cn1. The van der Waals surface area contributed by atoms with E-state index in [-0.39, 0.29) is 12.5 Å². The maximum Gasteiger partial charge on any atom is 0.238 e. The maximum atomic E-state index is 12.1. The van der Waals surface area contributed by atoms with E-state index in [2.05, 4.69) is 10.4 Å². The van der Waals surface area contributed by atoms with Crippen molar-refractivity contribution in [2.45, 2.75) is 20.0 Å². The molecule has 7 heteroatoms. The summed E-state index contributed by atoms with van der Waals surface area (Å²) in [5.74, 6) is -0.144. The van der Waals surface area contributed by atoms with Gasteiger partial charge in [-0.3, -0.25) is 14.4 Å². The fourth-order valence-electron chi connectivity index (χ4n) is 2.06. The van der Waals surface area contributed by atoms with Crippen LogP contribution in [0.2, 0.25) is 10.0 Å². The van der Waals surface area contributed by atoms with E-state index < -0.39 is 0 Å². The predicted octanol–water partition coefficient (Wildman–Crippen LogP) is 3.28. The Hall–Kier alpha value is -1.56. The van der Waals surface area contributed by atoms with Crippen molar-refractivity contribution < 1.29 is 4.79 Å². The van der Waals surface area contributed by atoms with Crippen LogP contribution in [0.5, 0.6) is 0 Å². The molecular weight excluding hydrogens is 323 g/mol. The zero-order chi connectivity index (χ0) is 16.1. The first-order chi connectivity index (χ1) is 10.5. The van der Waals surface area contributed by atoms with Gasteiger partial charge in [-0.05, 0) is 32.2 Å². The molecule has 0 saturated carbocycles. The van der Waals surface area contributed by atoms with E-state index in [4.69, 9.17) is 23.2 Å². The molecule has 1 aromatic heterocycles. The van der Waals surface area contributed by atoms with Gasteiger partial charge < -0.3 is 5.32 Å². The Morgan fingerprint density at radius 2 is 2.18 bits per heavy atom. The summed E-state index contributed by atoms with van der Waals surface area (Å²) in [5, 5.41) is 7.97. The molecule has 2 rings (SSSR count). The molecule has 1 N–H and O–H groups in total. The average molecular weight is 341 g/mol. The Labute approximate surface area is 139 Å². The van der Waals surface area contributed by atoms with Crippen LogP contribution in [-0.2, 0) is 17.9 Å². The van der Waals surface area contributed by atoms with Crippen molar-refractivity contribution in [3.63, 3.8) is 0 Å². The molecule has 22 heavy (non-hydrogen) atoms. The van der Waals surface area contributed by atoms with Gasteiger partial charge in [0.15, 0.2) is 0 Å². The second kappa shape index (κ2) is 7.63. The van der Waals surface area contributed by atoms with Crippen LogP contribution in [-0.4, -0.2) is 34.2 Å². The number of aryl methyl sites for hydroxylation is 1. The van der Waals surface area contributed by atoms with Crippen molar-refractivity contribution in [2.75, 3.05) is 18.9 Å². The normalized spacial score (nSPS) is 11.0. The number of aromatic nitrogens is 2. The lowest BCUT2D eigenvalue weighted by atomic mass is 10.3. The topological polar surface area (TPSA) is 50.2 Å². The Kier molecular flexibility index (Phi) is 5.83. The molecule has 2 aromatic rings. The fraction of sp³-hybridized carbons (Fsp3) is 0.333. The maximum absolute atomic E-state index is 12.1. The van der Waals surface area contributed by atoms with E-state index in [0.29, 0.717) is 22.3 Å². The summed E-state index contributed by atoms with van der Waals surface area (Å²) in [6.45, 7) is 3.76. The third-order valence-electron chi connectivity index (χ3n) is 3.08. The van der Waals surface area contributed by atoms with Crippen LogP contribution in [0.15, 0.2) is 30.6 Å². The van der Waals surface area contributed by atoms with Gasteiger partial charge in [0.1, 0.15) is 0 Å². The van der Waals surface area contributed by atoms with Gasteiger partial charge in [-0.1, -0.05) is 23.2 Å². The van der Waals surface area contributed by atoms with Crippen LogP contribution in [0.25, 0.3) is 0 Å². The van der Waals surface area contributed by atoms with Crippen LogP contribution < -0.4 is 5.32 Å². The zero-order valence-corrected chi connectivity index (χ0v) is 14.0. The van der Waals surface area contributed by atoms with Gasteiger partial charge in [0, 0.05) is 29.9 Å². The average Bonchev–Trinajstić information content (AvgIpc) is 2.90. The third kappa shape index (κ3) is 4.73. The van der Waals surface area contributed by atoms with Crippen LogP contribution in [0, 0.1) is 0 Å². The van der Waals surface area contributed by atoms with E-state index in [0.717, 1.165) is 12.1 Å². The summed E-state index contributed by atoms with van der Waals surface area (Å²) < 4.78 is 1.86. The quantitative estimate of drug-likeness (QED) is 0.877. The van der Waals surface area contributed by atoms with Gasteiger partial charge in [0.25, 0.3) is 0 Å². The van der Waals surface area contributed by atoms with Gasteiger partial charge in [-0.2, -0.15) is 5.10 Å². The standard InChI is InChI=1S/C15H18Cl2N4O/c1-3-21-9-11(7-18-21)8-20(2)10-15(22)19-14-6-12(16)4-5-13(14)17/h4-7,9H,3,8,10H2,1-2H3,(H,19,22). The number of rotatable bonds is 6. The summed E-state index contributed by atoms with van der Waals surface area (Å²) in [6.07, 6.45) is 3.79. The molecule has 1 heterocycles. The summed E-state index contributed by atoms with van der Waals surface area (Å²) in [7, 11) is 1.88. The lowest BCUT2D eigenvalue weighted by Crippen LogP contribution is -2.29. The van der Waals surface area contributed by atoms with Gasteiger partial charge in [-0.25, -0.2) is 0 Å². The Balaban J connectivity index is 1.89. The van der Waals surface area contributed by atoms with Crippen molar-refractivity contribution in [3.8, 4) is 0 Å². The molecule has 0 aliphatic rings. The summed E-state index contributed by atoms with van der Waals surface area (Å²) in [6, 6.07) is 4.96. The monoisotopic (exact) mass is 340 g/mol. The highest BCUT2D eigenvalue weighted by atomic mass is 35.5. The first-order valence-corrected chi connectivity index (χ1v) is 7.68. The number of carbonyl (C=O) groups is 1. The number of nitrogens with one attached hydrogen (secondary N) is 1. The van der Waals surface area contributed by atoms with Gasteiger partial charge in [0.05, 0.1) is 23.5 Å². The van der Waals surface area contributed by atoms with Crippen LogP contribution in [0.3, 0.4) is 0 Å². The summed E-state index contributed by atoms with van der Waals surface area (Å²) in [5.41, 5.74) is 1.59. The number of hydrogen-bond acceptors (Lipinski definition) is 3. The minimum absolute atomic E-state index is 0.144. The minimum atomic E-state index is -0.144. The van der Waals surface area contributed by atoms with E-state index in [1.807, 2.05) is 35.9 Å². The lowest BCUT2D eigenvalue weighted by Gasteiger charge is -2.15. The van der Waals surface area contributed by atoms with E-state index in [9.17, 15) is 4.79 Å². The van der Waals surface area contributed by atoms with E-state index in [1.54, 1.807) is 18.2 Å². The van der Waals surface area contributed by atoms with Crippen LogP contribution in [0.1, 0.15) is 12.5 Å². The summed E-state index contributed by atoms with van der Waals surface area (Å²) in [4.78, 5) is 14.0. The molecule has 0 fully saturated rings. The molecule has 0 aliphatic heterocycles. The van der Waals surface area contributed by atoms with Crippen molar-refractivity contribution in [3.05, 3.63) is 46.2 Å². The minimum Gasteiger partial charge on any atom is -0.324 e. The van der Waals surface area contributed by atoms with Crippen molar-refractivity contribution >= 4 is 34.8 Å². The highest BCUT2D eigenvalue weighted by Crippen LogP contribution is 2.25. The van der Waals surface area contributed by atoms with Crippen LogP contribution in [0.4, 0.5) is 5.69 Å². The highest BCUT2D eigenvalue weighted by Gasteiger charge is 2.10. The third-order valence-corrected chi connectivity index (χ3v) is 3.64. The Bertz CT molecular complexity index is 657. The first-order valence-electron chi connectivity index (χ1n) is 6.92. The summed E-state index contributed by atoms with van der Waals surface area (Å²) >= 11 is 11.9. The number of amides is 1. The molecule has 118 valence electrons. The molecule has 0 saturated heterocycles. The number of carbonyl (C=O) groups excluding carboxylic acids is 1. The fourth-order valence-corrected chi connectivity index (χ4v) is 2.39. The van der Waals surface area contributed by atoms with Crippen LogP contribution >= 0.6 is 23.2 Å². The molecule has 5 nitrogen and oxygen atoms in total.